The zero-order valence-corrected chi connectivity index (χ0v) is 10.2. The Bertz CT molecular complexity index is 225. The van der Waals surface area contributed by atoms with Crippen molar-refractivity contribution in [1.82, 2.24) is 4.90 Å². The maximum atomic E-state index is 12.4. The topological polar surface area (TPSA) is 66.6 Å². The highest BCUT2D eigenvalue weighted by Crippen LogP contribution is 2.37. The number of hydrogen-bond acceptors (Lipinski definition) is 3. The summed E-state index contributed by atoms with van der Waals surface area (Å²) in [4.78, 5) is 14.1. The Kier molecular flexibility index (Phi) is 5.22. The van der Waals surface area contributed by atoms with Gasteiger partial charge in [-0.1, -0.05) is 19.3 Å². The fraction of sp³-hybridized carbons (Fsp3) is 0.917. The van der Waals surface area contributed by atoms with Gasteiger partial charge in [0.2, 0.25) is 5.91 Å². The second-order valence-electron chi connectivity index (χ2n) is 4.65. The molecule has 94 valence electrons. The number of carbonyl (C=O) groups excluding carboxylic acids is 1. The van der Waals surface area contributed by atoms with Crippen LogP contribution in [0.4, 0.5) is 0 Å². The predicted molar refractivity (Wildman–Crippen MR) is 63.9 cm³/mol. The number of nitrogens with zero attached hydrogens (tertiary/aromatic N) is 1. The van der Waals surface area contributed by atoms with Gasteiger partial charge in [0.1, 0.15) is 0 Å². The molecule has 1 saturated carbocycles. The first-order valence-corrected chi connectivity index (χ1v) is 6.30. The number of likely N-dealkylation sites (N-methyl/N-ethyl adjacent to an activating group) is 1. The number of amides is 1. The SMILES string of the molecule is CCN(CCO)C(=O)C1(CN)CCCCC1. The molecule has 0 unspecified atom stereocenters. The molecule has 0 aliphatic heterocycles. The molecule has 0 spiro atoms. The van der Waals surface area contributed by atoms with Crippen molar-refractivity contribution >= 4 is 5.91 Å². The van der Waals surface area contributed by atoms with Crippen molar-refractivity contribution in [1.29, 1.82) is 0 Å². The lowest BCUT2D eigenvalue weighted by molar-refractivity contribution is -0.144. The van der Waals surface area contributed by atoms with Gasteiger partial charge in [0.05, 0.1) is 12.0 Å². The lowest BCUT2D eigenvalue weighted by Crippen LogP contribution is -2.49. The number of carbonyl (C=O) groups is 1. The molecular formula is C12H24N2O2. The fourth-order valence-electron chi connectivity index (χ4n) is 2.59. The lowest BCUT2D eigenvalue weighted by atomic mass is 9.73. The Hall–Kier alpha value is -0.610. The van der Waals surface area contributed by atoms with Crippen LogP contribution in [0.15, 0.2) is 0 Å². The second-order valence-corrected chi connectivity index (χ2v) is 4.65. The lowest BCUT2D eigenvalue weighted by Gasteiger charge is -2.38. The molecular weight excluding hydrogens is 204 g/mol. The molecule has 4 heteroatoms. The Balaban J connectivity index is 2.73. The van der Waals surface area contributed by atoms with E-state index in [1.54, 1.807) is 4.90 Å². The van der Waals surface area contributed by atoms with Crippen molar-refractivity contribution in [3.8, 4) is 0 Å². The standard InChI is InChI=1S/C12H24N2O2/c1-2-14(8-9-15)11(16)12(10-13)6-4-3-5-7-12/h15H,2-10,13H2,1H3. The molecule has 4 nitrogen and oxygen atoms in total. The molecule has 0 saturated heterocycles. The molecule has 0 aromatic rings. The normalized spacial score (nSPS) is 19.4. The van der Waals surface area contributed by atoms with Crippen LogP contribution in [-0.4, -0.2) is 42.2 Å². The molecule has 3 N–H and O–H groups in total. The Morgan fingerprint density at radius 3 is 2.44 bits per heavy atom. The van der Waals surface area contributed by atoms with E-state index in [2.05, 4.69) is 0 Å². The highest BCUT2D eigenvalue weighted by atomic mass is 16.3. The number of aliphatic hydroxyl groups is 1. The zero-order chi connectivity index (χ0) is 12.0. The van der Waals surface area contributed by atoms with Gasteiger partial charge in [-0.05, 0) is 19.8 Å². The zero-order valence-electron chi connectivity index (χ0n) is 10.2. The Labute approximate surface area is 97.8 Å². The smallest absolute Gasteiger partial charge is 0.230 e. The van der Waals surface area contributed by atoms with Crippen LogP contribution in [0.2, 0.25) is 0 Å². The molecule has 1 aliphatic rings. The molecule has 1 amide bonds. The number of hydrogen-bond donors (Lipinski definition) is 2. The van der Waals surface area contributed by atoms with Gasteiger partial charge in [-0.3, -0.25) is 4.79 Å². The van der Waals surface area contributed by atoms with Crippen LogP contribution in [0.3, 0.4) is 0 Å². The fourth-order valence-corrected chi connectivity index (χ4v) is 2.59. The third kappa shape index (κ3) is 2.74. The van der Waals surface area contributed by atoms with E-state index in [0.29, 0.717) is 19.6 Å². The van der Waals surface area contributed by atoms with Crippen molar-refractivity contribution in [2.45, 2.75) is 39.0 Å². The molecule has 16 heavy (non-hydrogen) atoms. The van der Waals surface area contributed by atoms with Gasteiger partial charge in [0.25, 0.3) is 0 Å². The number of rotatable bonds is 5. The van der Waals surface area contributed by atoms with E-state index in [9.17, 15) is 4.79 Å². The first-order valence-electron chi connectivity index (χ1n) is 6.30. The molecule has 0 aromatic carbocycles. The summed E-state index contributed by atoms with van der Waals surface area (Å²) in [5.74, 6) is 0.145. The number of aliphatic hydroxyl groups excluding tert-OH is 1. The van der Waals surface area contributed by atoms with E-state index in [0.717, 1.165) is 25.7 Å². The Morgan fingerprint density at radius 1 is 1.38 bits per heavy atom. The van der Waals surface area contributed by atoms with Gasteiger partial charge in [0.15, 0.2) is 0 Å². The summed E-state index contributed by atoms with van der Waals surface area (Å²) in [6, 6.07) is 0. The molecule has 0 aromatic heterocycles. The summed E-state index contributed by atoms with van der Waals surface area (Å²) in [5.41, 5.74) is 5.47. The minimum absolute atomic E-state index is 0.0280. The van der Waals surface area contributed by atoms with Crippen molar-refractivity contribution in [3.63, 3.8) is 0 Å². The quantitative estimate of drug-likeness (QED) is 0.729. The van der Waals surface area contributed by atoms with Gasteiger partial charge in [-0.25, -0.2) is 0 Å². The molecule has 0 bridgehead atoms. The van der Waals surface area contributed by atoms with E-state index >= 15 is 0 Å². The van der Waals surface area contributed by atoms with Gasteiger partial charge < -0.3 is 15.7 Å². The van der Waals surface area contributed by atoms with Crippen molar-refractivity contribution in [3.05, 3.63) is 0 Å². The van der Waals surface area contributed by atoms with Crippen LogP contribution in [0.1, 0.15) is 39.0 Å². The minimum atomic E-state index is -0.344. The number of nitrogens with two attached hydrogens (primary N) is 1. The summed E-state index contributed by atoms with van der Waals surface area (Å²) in [5, 5.41) is 8.95. The third-order valence-corrected chi connectivity index (χ3v) is 3.69. The van der Waals surface area contributed by atoms with Crippen LogP contribution in [-0.2, 0) is 4.79 Å². The first-order chi connectivity index (χ1) is 7.70. The van der Waals surface area contributed by atoms with Gasteiger partial charge in [-0.2, -0.15) is 0 Å². The molecule has 1 rings (SSSR count). The van der Waals surface area contributed by atoms with E-state index in [1.807, 2.05) is 6.92 Å². The predicted octanol–water partition coefficient (Wildman–Crippen LogP) is 0.736. The van der Waals surface area contributed by atoms with Crippen LogP contribution >= 0.6 is 0 Å². The van der Waals surface area contributed by atoms with Crippen molar-refractivity contribution < 1.29 is 9.90 Å². The molecule has 1 aliphatic carbocycles. The summed E-state index contributed by atoms with van der Waals surface area (Å²) in [6.45, 7) is 3.49. The average molecular weight is 228 g/mol. The summed E-state index contributed by atoms with van der Waals surface area (Å²) in [7, 11) is 0. The summed E-state index contributed by atoms with van der Waals surface area (Å²) >= 11 is 0. The van der Waals surface area contributed by atoms with Crippen LogP contribution < -0.4 is 5.73 Å². The molecule has 0 radical (unpaired) electrons. The molecule has 0 heterocycles. The Morgan fingerprint density at radius 2 is 2.00 bits per heavy atom. The van der Waals surface area contributed by atoms with E-state index in [4.69, 9.17) is 10.8 Å². The van der Waals surface area contributed by atoms with E-state index in [-0.39, 0.29) is 17.9 Å². The van der Waals surface area contributed by atoms with Crippen molar-refractivity contribution in [2.24, 2.45) is 11.1 Å². The summed E-state index contributed by atoms with van der Waals surface area (Å²) < 4.78 is 0. The van der Waals surface area contributed by atoms with Crippen LogP contribution in [0.5, 0.6) is 0 Å². The maximum absolute atomic E-state index is 12.4. The second kappa shape index (κ2) is 6.21. The highest BCUT2D eigenvalue weighted by Gasteiger charge is 2.40. The van der Waals surface area contributed by atoms with Gasteiger partial charge in [-0.15, -0.1) is 0 Å². The van der Waals surface area contributed by atoms with Crippen molar-refractivity contribution in [2.75, 3.05) is 26.2 Å². The van der Waals surface area contributed by atoms with Crippen LogP contribution in [0.25, 0.3) is 0 Å². The van der Waals surface area contributed by atoms with Gasteiger partial charge in [0, 0.05) is 19.6 Å². The van der Waals surface area contributed by atoms with E-state index in [1.165, 1.54) is 6.42 Å². The van der Waals surface area contributed by atoms with E-state index < -0.39 is 0 Å². The molecule has 0 atom stereocenters. The largest absolute Gasteiger partial charge is 0.395 e. The monoisotopic (exact) mass is 228 g/mol. The molecule has 1 fully saturated rings. The highest BCUT2D eigenvalue weighted by molar-refractivity contribution is 5.83. The maximum Gasteiger partial charge on any atom is 0.230 e. The third-order valence-electron chi connectivity index (χ3n) is 3.69. The minimum Gasteiger partial charge on any atom is -0.395 e. The first kappa shape index (κ1) is 13.5. The van der Waals surface area contributed by atoms with Crippen LogP contribution in [0, 0.1) is 5.41 Å². The average Bonchev–Trinajstić information content (AvgIpc) is 2.36. The summed E-state index contributed by atoms with van der Waals surface area (Å²) in [6.07, 6.45) is 5.22. The van der Waals surface area contributed by atoms with Gasteiger partial charge >= 0.3 is 0 Å².